The lowest BCUT2D eigenvalue weighted by molar-refractivity contribution is -0.120. The molecular weight excluding hydrogens is 240 g/mol. The highest BCUT2D eigenvalue weighted by molar-refractivity contribution is 5.95. The highest BCUT2D eigenvalue weighted by Crippen LogP contribution is 2.27. The van der Waals surface area contributed by atoms with Crippen LogP contribution in [0.4, 0.5) is 11.4 Å². The summed E-state index contributed by atoms with van der Waals surface area (Å²) >= 11 is 0. The Bertz CT molecular complexity index is 439. The van der Waals surface area contributed by atoms with E-state index in [4.69, 9.17) is 5.73 Å². The highest BCUT2D eigenvalue weighted by atomic mass is 16.1. The summed E-state index contributed by atoms with van der Waals surface area (Å²) in [5.41, 5.74) is 7.60. The first kappa shape index (κ1) is 13.8. The summed E-state index contributed by atoms with van der Waals surface area (Å²) in [7, 11) is 3.90. The van der Waals surface area contributed by atoms with Gasteiger partial charge in [0.1, 0.15) is 0 Å². The summed E-state index contributed by atoms with van der Waals surface area (Å²) in [5.74, 6) is 0.165. The third kappa shape index (κ3) is 3.44. The van der Waals surface area contributed by atoms with Crippen molar-refractivity contribution in [3.05, 3.63) is 18.5 Å². The number of hydrogen-bond donors (Lipinski definition) is 2. The van der Waals surface area contributed by atoms with Crippen LogP contribution in [0.2, 0.25) is 0 Å². The first-order chi connectivity index (χ1) is 9.08. The van der Waals surface area contributed by atoms with Crippen molar-refractivity contribution in [1.82, 2.24) is 4.98 Å². The number of rotatable bonds is 3. The number of carbonyl (C=O) groups is 1. The van der Waals surface area contributed by atoms with E-state index in [1.165, 1.54) is 0 Å². The molecule has 1 aromatic rings. The molecule has 5 nitrogen and oxygen atoms in total. The molecule has 0 aliphatic heterocycles. The summed E-state index contributed by atoms with van der Waals surface area (Å²) in [4.78, 5) is 18.3. The van der Waals surface area contributed by atoms with Crippen molar-refractivity contribution in [3.63, 3.8) is 0 Å². The van der Waals surface area contributed by atoms with Crippen LogP contribution in [0.25, 0.3) is 0 Å². The van der Waals surface area contributed by atoms with Gasteiger partial charge in [-0.15, -0.1) is 0 Å². The van der Waals surface area contributed by atoms with Crippen LogP contribution in [0.5, 0.6) is 0 Å². The lowest BCUT2D eigenvalue weighted by atomic mass is 9.86. The summed E-state index contributed by atoms with van der Waals surface area (Å²) in [6.07, 6.45) is 7.05. The molecule has 0 saturated heterocycles. The van der Waals surface area contributed by atoms with Gasteiger partial charge in [0.2, 0.25) is 5.91 Å². The topological polar surface area (TPSA) is 71.2 Å². The van der Waals surface area contributed by atoms with Crippen LogP contribution in [0, 0.1) is 5.92 Å². The number of anilines is 2. The molecule has 3 N–H and O–H groups in total. The number of pyridine rings is 1. The molecule has 1 aromatic heterocycles. The van der Waals surface area contributed by atoms with Crippen LogP contribution in [-0.4, -0.2) is 31.0 Å². The van der Waals surface area contributed by atoms with Gasteiger partial charge >= 0.3 is 0 Å². The minimum atomic E-state index is 0.0787. The zero-order valence-corrected chi connectivity index (χ0v) is 11.6. The lowest BCUT2D eigenvalue weighted by Crippen LogP contribution is -2.32. The predicted octanol–water partition coefficient (Wildman–Crippen LogP) is 1.60. The zero-order valence-electron chi connectivity index (χ0n) is 11.6. The van der Waals surface area contributed by atoms with Gasteiger partial charge in [-0.25, -0.2) is 0 Å². The number of nitrogens with two attached hydrogens (primary N) is 1. The van der Waals surface area contributed by atoms with Crippen molar-refractivity contribution in [1.29, 1.82) is 0 Å². The fourth-order valence-corrected chi connectivity index (χ4v) is 2.49. The maximum Gasteiger partial charge on any atom is 0.227 e. The maximum atomic E-state index is 12.3. The van der Waals surface area contributed by atoms with Gasteiger partial charge in [0.15, 0.2) is 0 Å². The Hall–Kier alpha value is -1.62. The van der Waals surface area contributed by atoms with Gasteiger partial charge in [-0.1, -0.05) is 0 Å². The molecule has 104 valence electrons. The maximum absolute atomic E-state index is 12.3. The molecule has 1 amide bonds. The second kappa shape index (κ2) is 6.02. The normalized spacial score (nSPS) is 22.9. The molecule has 0 aromatic carbocycles. The Balaban J connectivity index is 2.03. The van der Waals surface area contributed by atoms with Crippen molar-refractivity contribution >= 4 is 17.3 Å². The van der Waals surface area contributed by atoms with Gasteiger partial charge in [0, 0.05) is 32.3 Å². The van der Waals surface area contributed by atoms with Crippen molar-refractivity contribution in [2.45, 2.75) is 31.7 Å². The van der Waals surface area contributed by atoms with Crippen LogP contribution in [0.1, 0.15) is 25.7 Å². The minimum absolute atomic E-state index is 0.0787. The van der Waals surface area contributed by atoms with E-state index in [1.54, 1.807) is 12.4 Å². The Morgan fingerprint density at radius 1 is 1.37 bits per heavy atom. The van der Waals surface area contributed by atoms with E-state index in [0.717, 1.165) is 37.1 Å². The second-order valence-electron chi connectivity index (χ2n) is 5.39. The van der Waals surface area contributed by atoms with Crippen LogP contribution < -0.4 is 16.0 Å². The van der Waals surface area contributed by atoms with Gasteiger partial charge in [0.05, 0.1) is 17.6 Å². The average molecular weight is 262 g/mol. The summed E-state index contributed by atoms with van der Waals surface area (Å²) in [6.45, 7) is 0. The van der Waals surface area contributed by atoms with E-state index in [1.807, 2.05) is 25.1 Å². The van der Waals surface area contributed by atoms with Crippen molar-refractivity contribution in [2.24, 2.45) is 11.7 Å². The number of nitrogens with one attached hydrogen (secondary N) is 1. The van der Waals surface area contributed by atoms with Crippen LogP contribution >= 0.6 is 0 Å². The van der Waals surface area contributed by atoms with Crippen molar-refractivity contribution in [2.75, 3.05) is 24.3 Å². The van der Waals surface area contributed by atoms with Gasteiger partial charge in [-0.2, -0.15) is 0 Å². The highest BCUT2D eigenvalue weighted by Gasteiger charge is 2.25. The van der Waals surface area contributed by atoms with E-state index in [2.05, 4.69) is 10.3 Å². The molecule has 5 heteroatoms. The summed E-state index contributed by atoms with van der Waals surface area (Å²) in [5, 5.41) is 2.99. The molecule has 0 atom stereocenters. The molecule has 1 saturated carbocycles. The van der Waals surface area contributed by atoms with Gasteiger partial charge < -0.3 is 16.0 Å². The van der Waals surface area contributed by atoms with E-state index < -0.39 is 0 Å². The van der Waals surface area contributed by atoms with Crippen LogP contribution in [0.3, 0.4) is 0 Å². The molecular formula is C14H22N4O. The smallest absolute Gasteiger partial charge is 0.227 e. The third-order valence-corrected chi connectivity index (χ3v) is 3.68. The number of aromatic nitrogens is 1. The largest absolute Gasteiger partial charge is 0.376 e. The van der Waals surface area contributed by atoms with E-state index >= 15 is 0 Å². The standard InChI is InChI=1S/C14H22N4O/c1-18(2)13-7-8-16-9-12(13)17-14(19)10-3-5-11(15)6-4-10/h7-11H,3-6,15H2,1-2H3,(H,17,19). The molecule has 1 fully saturated rings. The third-order valence-electron chi connectivity index (χ3n) is 3.68. The summed E-state index contributed by atoms with van der Waals surface area (Å²) in [6, 6.07) is 2.16. The minimum Gasteiger partial charge on any atom is -0.376 e. The molecule has 1 aliphatic carbocycles. The number of nitrogens with zero attached hydrogens (tertiary/aromatic N) is 2. The average Bonchev–Trinajstić information content (AvgIpc) is 2.39. The Kier molecular flexibility index (Phi) is 4.37. The zero-order chi connectivity index (χ0) is 13.8. The van der Waals surface area contributed by atoms with Crippen LogP contribution in [-0.2, 0) is 4.79 Å². The van der Waals surface area contributed by atoms with Gasteiger partial charge in [-0.3, -0.25) is 9.78 Å². The van der Waals surface area contributed by atoms with Crippen molar-refractivity contribution in [3.8, 4) is 0 Å². The van der Waals surface area contributed by atoms with E-state index in [-0.39, 0.29) is 17.9 Å². The van der Waals surface area contributed by atoms with E-state index in [0.29, 0.717) is 0 Å². The molecule has 19 heavy (non-hydrogen) atoms. The quantitative estimate of drug-likeness (QED) is 0.868. The molecule has 1 heterocycles. The Morgan fingerprint density at radius 3 is 2.68 bits per heavy atom. The first-order valence-electron chi connectivity index (χ1n) is 6.75. The number of carbonyl (C=O) groups excluding carboxylic acids is 1. The van der Waals surface area contributed by atoms with Crippen molar-refractivity contribution < 1.29 is 4.79 Å². The monoisotopic (exact) mass is 262 g/mol. The Morgan fingerprint density at radius 2 is 2.05 bits per heavy atom. The first-order valence-corrected chi connectivity index (χ1v) is 6.75. The lowest BCUT2D eigenvalue weighted by Gasteiger charge is -2.26. The second-order valence-corrected chi connectivity index (χ2v) is 5.39. The molecule has 0 radical (unpaired) electrons. The fraction of sp³-hybridized carbons (Fsp3) is 0.571. The number of hydrogen-bond acceptors (Lipinski definition) is 4. The van der Waals surface area contributed by atoms with Crippen LogP contribution in [0.15, 0.2) is 18.5 Å². The molecule has 0 spiro atoms. The van der Waals surface area contributed by atoms with Gasteiger partial charge in [0.25, 0.3) is 0 Å². The Labute approximate surface area is 114 Å². The molecule has 2 rings (SSSR count). The SMILES string of the molecule is CN(C)c1ccncc1NC(=O)C1CCC(N)CC1. The molecule has 0 bridgehead atoms. The predicted molar refractivity (Wildman–Crippen MR) is 77.1 cm³/mol. The van der Waals surface area contributed by atoms with Gasteiger partial charge in [-0.05, 0) is 31.7 Å². The number of amides is 1. The molecule has 0 unspecified atom stereocenters. The molecule has 1 aliphatic rings. The fourth-order valence-electron chi connectivity index (χ4n) is 2.49. The van der Waals surface area contributed by atoms with E-state index in [9.17, 15) is 4.79 Å². The summed E-state index contributed by atoms with van der Waals surface area (Å²) < 4.78 is 0.